The van der Waals surface area contributed by atoms with Gasteiger partial charge in [-0.2, -0.15) is 0 Å². The Hall–Kier alpha value is -1.72. The minimum absolute atomic E-state index is 0.0257. The van der Waals surface area contributed by atoms with Gasteiger partial charge in [0.25, 0.3) is 0 Å². The van der Waals surface area contributed by atoms with E-state index in [9.17, 15) is 8.42 Å². The summed E-state index contributed by atoms with van der Waals surface area (Å²) in [6.07, 6.45) is 0. The van der Waals surface area contributed by atoms with Crippen LogP contribution in [0.4, 0.5) is 0 Å². The third-order valence-electron chi connectivity index (χ3n) is 3.85. The molecule has 130 valence electrons. The van der Waals surface area contributed by atoms with Crippen LogP contribution in [0.3, 0.4) is 0 Å². The van der Waals surface area contributed by atoms with Crippen LogP contribution in [0.1, 0.15) is 21.3 Å². The molecule has 0 N–H and O–H groups in total. The molecule has 0 bridgehead atoms. The summed E-state index contributed by atoms with van der Waals surface area (Å²) < 4.78 is 31.9. The van der Waals surface area contributed by atoms with Gasteiger partial charge < -0.3 is 0 Å². The molecule has 0 aliphatic heterocycles. The first-order valence-electron chi connectivity index (χ1n) is 7.84. The molecule has 0 aliphatic rings. The van der Waals surface area contributed by atoms with Gasteiger partial charge in [0, 0.05) is 0 Å². The van der Waals surface area contributed by atoms with Crippen molar-refractivity contribution in [3.8, 4) is 10.1 Å². The van der Waals surface area contributed by atoms with Crippen LogP contribution in [-0.2, 0) is 20.9 Å². The molecule has 0 spiro atoms. The van der Waals surface area contributed by atoms with Gasteiger partial charge in [0.15, 0.2) is 0 Å². The zero-order chi connectivity index (χ0) is 18.0. The van der Waals surface area contributed by atoms with Crippen LogP contribution in [0.25, 0.3) is 10.1 Å². The zero-order valence-corrected chi connectivity index (χ0v) is 16.8. The van der Waals surface area contributed by atoms with Crippen molar-refractivity contribution in [2.24, 2.45) is 0 Å². The molecule has 25 heavy (non-hydrogen) atoms. The van der Waals surface area contributed by atoms with E-state index in [4.69, 9.17) is 4.18 Å². The normalized spacial score (nSPS) is 11.6. The first kappa shape index (κ1) is 18.1. The first-order chi connectivity index (χ1) is 11.8. The van der Waals surface area contributed by atoms with E-state index in [1.165, 1.54) is 5.56 Å². The number of hydrogen-bond donors (Lipinski definition) is 0. The Morgan fingerprint density at radius 3 is 2.08 bits per heavy atom. The fraction of sp³-hybridized carbons (Fsp3) is 0.211. The van der Waals surface area contributed by atoms with E-state index in [2.05, 4.69) is 29.2 Å². The molecule has 1 heterocycles. The number of hydrogen-bond acceptors (Lipinski definition) is 4. The third kappa shape index (κ3) is 4.28. The maximum atomic E-state index is 12.3. The van der Waals surface area contributed by atoms with Crippen molar-refractivity contribution in [1.82, 2.24) is 4.98 Å². The molecule has 0 fully saturated rings. The molecule has 3 rings (SSSR count). The van der Waals surface area contributed by atoms with Crippen molar-refractivity contribution in [2.45, 2.75) is 32.3 Å². The molecule has 0 saturated heterocycles. The average molecular weight is 420 g/mol. The van der Waals surface area contributed by atoms with Crippen molar-refractivity contribution in [2.75, 3.05) is 0 Å². The standard InChI is InChI=1S/C19H19NO3SSe/c1-13-4-8-16(9-5-13)19-20-15(3)18(25-19)12-23-24(21,22)17-10-6-14(2)7-11-17/h4-11H,12H2,1-3H3. The SMILES string of the molecule is Cc1ccc(-c2nc(C)c(COS(=O)(=O)c3ccc(C)cc3)[se]2)cc1. The Morgan fingerprint density at radius 2 is 1.48 bits per heavy atom. The van der Waals surface area contributed by atoms with Crippen LogP contribution in [0.5, 0.6) is 0 Å². The van der Waals surface area contributed by atoms with E-state index in [-0.39, 0.29) is 26.0 Å². The number of rotatable bonds is 5. The number of nitrogens with zero attached hydrogens (tertiary/aromatic N) is 1. The first-order valence-corrected chi connectivity index (χ1v) is 11.0. The molecule has 0 aliphatic carbocycles. The van der Waals surface area contributed by atoms with Crippen molar-refractivity contribution in [3.63, 3.8) is 0 Å². The van der Waals surface area contributed by atoms with Gasteiger partial charge in [-0.15, -0.1) is 0 Å². The van der Waals surface area contributed by atoms with Gasteiger partial charge in [0.05, 0.1) is 0 Å². The maximum absolute atomic E-state index is 12.3. The van der Waals surface area contributed by atoms with E-state index in [1.807, 2.05) is 20.8 Å². The Morgan fingerprint density at radius 1 is 0.920 bits per heavy atom. The summed E-state index contributed by atoms with van der Waals surface area (Å²) in [4.78, 5) is 4.79. The quantitative estimate of drug-likeness (QED) is 0.467. The Labute approximate surface area is 154 Å². The molecule has 1 aromatic heterocycles. The predicted molar refractivity (Wildman–Crippen MR) is 99.2 cm³/mol. The number of aryl methyl sites for hydroxylation is 3. The molecular weight excluding hydrogens is 401 g/mol. The summed E-state index contributed by atoms with van der Waals surface area (Å²) in [5, 5.41) is 0. The molecule has 2 aromatic carbocycles. The van der Waals surface area contributed by atoms with Gasteiger partial charge >= 0.3 is 154 Å². The van der Waals surface area contributed by atoms with Crippen LogP contribution < -0.4 is 0 Å². The summed E-state index contributed by atoms with van der Waals surface area (Å²) in [7, 11) is -3.75. The Balaban J connectivity index is 1.77. The minimum atomic E-state index is -3.75. The van der Waals surface area contributed by atoms with Gasteiger partial charge in [-0.1, -0.05) is 0 Å². The fourth-order valence-corrected chi connectivity index (χ4v) is 5.39. The van der Waals surface area contributed by atoms with E-state index in [1.54, 1.807) is 24.3 Å². The second-order valence-corrected chi connectivity index (χ2v) is 9.81. The van der Waals surface area contributed by atoms with Gasteiger partial charge in [-0.3, -0.25) is 0 Å². The van der Waals surface area contributed by atoms with Crippen molar-refractivity contribution in [1.29, 1.82) is 0 Å². The second kappa shape index (κ2) is 7.26. The van der Waals surface area contributed by atoms with Gasteiger partial charge in [0.1, 0.15) is 0 Å². The van der Waals surface area contributed by atoms with Crippen LogP contribution >= 0.6 is 0 Å². The number of aromatic nitrogens is 1. The molecule has 3 aromatic rings. The van der Waals surface area contributed by atoms with Crippen LogP contribution in [0.2, 0.25) is 0 Å². The topological polar surface area (TPSA) is 56.3 Å². The second-order valence-electron chi connectivity index (χ2n) is 5.92. The van der Waals surface area contributed by atoms with Gasteiger partial charge in [-0.25, -0.2) is 0 Å². The zero-order valence-electron chi connectivity index (χ0n) is 14.3. The van der Waals surface area contributed by atoms with E-state index in [0.717, 1.165) is 25.8 Å². The number of benzene rings is 2. The molecular formula is C19H19NO3SSe. The van der Waals surface area contributed by atoms with E-state index in [0.29, 0.717) is 0 Å². The summed E-state index contributed by atoms with van der Waals surface area (Å²) in [5.74, 6) is 0. The molecule has 0 radical (unpaired) electrons. The van der Waals surface area contributed by atoms with E-state index < -0.39 is 10.1 Å². The van der Waals surface area contributed by atoms with Gasteiger partial charge in [-0.05, 0) is 0 Å². The summed E-state index contributed by atoms with van der Waals surface area (Å²) in [6.45, 7) is 5.92. The summed E-state index contributed by atoms with van der Waals surface area (Å²) >= 11 is -0.0257. The third-order valence-corrected chi connectivity index (χ3v) is 7.60. The predicted octanol–water partition coefficient (Wildman–Crippen LogP) is 3.64. The van der Waals surface area contributed by atoms with Crippen LogP contribution in [-0.4, -0.2) is 27.9 Å². The molecule has 0 unspecified atom stereocenters. The van der Waals surface area contributed by atoms with Crippen LogP contribution in [0.15, 0.2) is 53.4 Å². The Kier molecular flexibility index (Phi) is 5.25. The summed E-state index contributed by atoms with van der Waals surface area (Å²) in [6, 6.07) is 14.9. The van der Waals surface area contributed by atoms with Crippen molar-refractivity contribution in [3.05, 3.63) is 69.8 Å². The monoisotopic (exact) mass is 421 g/mol. The molecule has 4 nitrogen and oxygen atoms in total. The fourth-order valence-electron chi connectivity index (χ4n) is 2.29. The molecule has 0 amide bonds. The Bertz CT molecular complexity index is 975. The van der Waals surface area contributed by atoms with Crippen molar-refractivity contribution >= 4 is 24.6 Å². The molecule has 0 saturated carbocycles. The summed E-state index contributed by atoms with van der Waals surface area (Å²) in [5.41, 5.74) is 4.15. The van der Waals surface area contributed by atoms with Crippen LogP contribution in [0, 0.1) is 20.8 Å². The molecule has 6 heteroatoms. The van der Waals surface area contributed by atoms with E-state index >= 15 is 0 Å². The van der Waals surface area contributed by atoms with Gasteiger partial charge in [0.2, 0.25) is 0 Å². The van der Waals surface area contributed by atoms with Crippen molar-refractivity contribution < 1.29 is 12.6 Å². The molecule has 0 atom stereocenters. The average Bonchev–Trinajstić information content (AvgIpc) is 2.95.